The molecule has 3 saturated carbocycles. The van der Waals surface area contributed by atoms with E-state index in [9.17, 15) is 28.8 Å². The summed E-state index contributed by atoms with van der Waals surface area (Å²) in [6.45, 7) is 15.8. The van der Waals surface area contributed by atoms with E-state index in [1.165, 1.54) is 12.5 Å². The SMILES string of the molecule is CCCCc1ccc(-c2ccc(C(=O)N[C@@H](CCCCNC(=O)OC(C)(C)C)C(=O)N[C@H]3COCCCCOC[C@@H](C(=O)N[C@@H](N)B4O[C@@H]5C[C@@H]6C[C@@H](C6(C)C)[C@]5(C)O4)NC(=O)[C@H](C)NC3=O)cc2)cc1. The Balaban J connectivity index is 1.08. The lowest BCUT2D eigenvalue weighted by molar-refractivity contribution is -0.199. The highest BCUT2D eigenvalue weighted by molar-refractivity contribution is 6.47. The predicted octanol–water partition coefficient (Wildman–Crippen LogP) is 4.46. The van der Waals surface area contributed by atoms with E-state index in [1.807, 2.05) is 12.1 Å². The fourth-order valence-corrected chi connectivity index (χ4v) is 10.1. The molecular formula is C52H78BN7O11. The maximum absolute atomic E-state index is 14.2. The second kappa shape index (κ2) is 24.6. The van der Waals surface area contributed by atoms with Gasteiger partial charge in [-0.2, -0.15) is 0 Å². The molecule has 0 spiro atoms. The maximum atomic E-state index is 14.2. The van der Waals surface area contributed by atoms with E-state index >= 15 is 0 Å². The summed E-state index contributed by atoms with van der Waals surface area (Å²) in [5.41, 5.74) is 8.94. The van der Waals surface area contributed by atoms with Crippen LogP contribution >= 0.6 is 0 Å². The minimum absolute atomic E-state index is 0.119. The topological polar surface area (TPSA) is 247 Å². The van der Waals surface area contributed by atoms with Gasteiger partial charge in [-0.25, -0.2) is 4.79 Å². The van der Waals surface area contributed by atoms with Crippen LogP contribution in [0.25, 0.3) is 11.1 Å². The van der Waals surface area contributed by atoms with Crippen LogP contribution in [0.1, 0.15) is 129 Å². The second-order valence-electron chi connectivity index (χ2n) is 21.4. The molecule has 2 aromatic rings. The van der Waals surface area contributed by atoms with Crippen molar-refractivity contribution in [1.29, 1.82) is 0 Å². The second-order valence-corrected chi connectivity index (χ2v) is 21.4. The number of carbonyl (C=O) groups excluding carboxylic acids is 6. The number of carbonyl (C=O) groups is 6. The molecule has 5 aliphatic rings. The number of unbranched alkanes of at least 4 members (excludes halogenated alkanes) is 2. The van der Waals surface area contributed by atoms with Crippen LogP contribution in [-0.2, 0) is 49.1 Å². The van der Waals surface area contributed by atoms with Crippen molar-refractivity contribution in [2.45, 2.75) is 167 Å². The van der Waals surface area contributed by atoms with E-state index in [2.05, 4.69) is 83.9 Å². The molecule has 9 atom stereocenters. The largest absolute Gasteiger partial charge is 0.497 e. The van der Waals surface area contributed by atoms with Gasteiger partial charge < -0.3 is 61.2 Å². The van der Waals surface area contributed by atoms with E-state index < -0.39 is 84.2 Å². The van der Waals surface area contributed by atoms with Gasteiger partial charge in [0.1, 0.15) is 35.8 Å². The Morgan fingerprint density at radius 1 is 0.873 bits per heavy atom. The zero-order valence-corrected chi connectivity index (χ0v) is 43.0. The van der Waals surface area contributed by atoms with Crippen LogP contribution in [0.15, 0.2) is 48.5 Å². The van der Waals surface area contributed by atoms with Crippen LogP contribution in [0.5, 0.6) is 0 Å². The summed E-state index contributed by atoms with van der Waals surface area (Å²) in [5, 5.41) is 16.4. The highest BCUT2D eigenvalue weighted by atomic mass is 16.7. The predicted molar refractivity (Wildman–Crippen MR) is 268 cm³/mol. The molecule has 0 aromatic heterocycles. The molecular weight excluding hydrogens is 909 g/mol. The lowest BCUT2D eigenvalue weighted by Gasteiger charge is -2.64. The average molecular weight is 988 g/mol. The Labute approximate surface area is 419 Å². The average Bonchev–Trinajstić information content (AvgIpc) is 3.69. The van der Waals surface area contributed by atoms with Crippen molar-refractivity contribution in [3.05, 3.63) is 59.7 Å². The molecule has 19 heteroatoms. The van der Waals surface area contributed by atoms with E-state index in [0.717, 1.165) is 43.2 Å². The lowest BCUT2D eigenvalue weighted by atomic mass is 9.43. The van der Waals surface area contributed by atoms with Crippen molar-refractivity contribution in [2.24, 2.45) is 23.0 Å². The van der Waals surface area contributed by atoms with Crippen LogP contribution in [0.4, 0.5) is 4.79 Å². The molecule has 2 aromatic carbocycles. The lowest BCUT2D eigenvalue weighted by Crippen LogP contribution is -2.65. The third-order valence-electron chi connectivity index (χ3n) is 14.4. The number of nitrogens with two attached hydrogens (primary N) is 1. The molecule has 5 fully saturated rings. The minimum Gasteiger partial charge on any atom is -0.444 e. The molecule has 2 aliphatic heterocycles. The van der Waals surface area contributed by atoms with E-state index in [0.29, 0.717) is 43.1 Å². The van der Waals surface area contributed by atoms with E-state index in [4.69, 9.17) is 29.3 Å². The van der Waals surface area contributed by atoms with Crippen LogP contribution in [0, 0.1) is 17.3 Å². The molecule has 2 saturated heterocycles. The highest BCUT2D eigenvalue weighted by Crippen LogP contribution is 2.65. The molecule has 8 N–H and O–H groups in total. The monoisotopic (exact) mass is 988 g/mol. The molecule has 0 unspecified atom stereocenters. The molecule has 71 heavy (non-hydrogen) atoms. The molecule has 390 valence electrons. The van der Waals surface area contributed by atoms with Gasteiger partial charge in [0.25, 0.3) is 5.91 Å². The smallest absolute Gasteiger partial charge is 0.444 e. The molecule has 3 aliphatic carbocycles. The number of amides is 6. The summed E-state index contributed by atoms with van der Waals surface area (Å²) in [6, 6.07) is 9.69. The van der Waals surface area contributed by atoms with Crippen molar-refractivity contribution >= 4 is 42.7 Å². The van der Waals surface area contributed by atoms with Gasteiger partial charge in [-0.15, -0.1) is 0 Å². The number of alkyl carbamates (subject to hydrolysis) is 1. The summed E-state index contributed by atoms with van der Waals surface area (Å²) in [4.78, 5) is 81.5. The van der Waals surface area contributed by atoms with Crippen LogP contribution in [-0.4, -0.2) is 123 Å². The first-order valence-corrected chi connectivity index (χ1v) is 25.6. The van der Waals surface area contributed by atoms with Gasteiger partial charge in [-0.1, -0.05) is 63.6 Å². The number of benzene rings is 2. The van der Waals surface area contributed by atoms with Gasteiger partial charge in [0.05, 0.1) is 24.9 Å². The summed E-state index contributed by atoms with van der Waals surface area (Å²) in [7, 11) is -0.891. The zero-order valence-electron chi connectivity index (χ0n) is 43.0. The Hall–Kier alpha value is -5.08. The fourth-order valence-electron chi connectivity index (χ4n) is 10.1. The normalized spacial score (nSPS) is 26.6. The Morgan fingerprint density at radius 3 is 2.18 bits per heavy atom. The summed E-state index contributed by atoms with van der Waals surface area (Å²) >= 11 is 0. The quantitative estimate of drug-likeness (QED) is 0.0701. The van der Waals surface area contributed by atoms with Crippen molar-refractivity contribution in [2.75, 3.05) is 33.0 Å². The number of hydrogen-bond donors (Lipinski definition) is 7. The zero-order chi connectivity index (χ0) is 51.5. The van der Waals surface area contributed by atoms with E-state index in [1.54, 1.807) is 32.9 Å². The Kier molecular flexibility index (Phi) is 19.1. The number of rotatable bonds is 16. The van der Waals surface area contributed by atoms with Crippen molar-refractivity contribution < 1.29 is 52.3 Å². The molecule has 0 radical (unpaired) electrons. The third-order valence-corrected chi connectivity index (χ3v) is 14.4. The van der Waals surface area contributed by atoms with Gasteiger partial charge in [0.15, 0.2) is 0 Å². The standard InChI is InChI=1S/C52H78BN7O11/c1-9-10-15-33-17-19-34(20-18-33)35-21-23-36(24-22-35)44(62)57-38(16-11-12-25-55-49(66)69-50(3,4)5)45(63)59-39-30-67-26-13-14-27-68-31-40(58-43(61)32(2)56-46(39)64)47(65)60-48(54)53-70-42-29-37-28-41(51(37,6)7)52(42,8)71-53/h17-24,32,37-42,48H,9-16,25-31,54H2,1-8H3,(H,55,66)(H,56,64)(H,57,62)(H,58,61)(H,59,63)(H,60,65)/t32-,37-,38-,39-,40-,41-,42+,48+,52-/m0/s1. The van der Waals surface area contributed by atoms with Crippen molar-refractivity contribution in [1.82, 2.24) is 31.9 Å². The summed E-state index contributed by atoms with van der Waals surface area (Å²) in [6.07, 6.45) is 6.54. The summed E-state index contributed by atoms with van der Waals surface area (Å²) < 4.78 is 29.8. The minimum atomic E-state index is -1.27. The van der Waals surface area contributed by atoms with Gasteiger partial charge in [0.2, 0.25) is 23.6 Å². The maximum Gasteiger partial charge on any atom is 0.497 e. The highest BCUT2D eigenvalue weighted by Gasteiger charge is 2.68. The third kappa shape index (κ3) is 14.8. The summed E-state index contributed by atoms with van der Waals surface area (Å²) in [5.74, 6) is -2.34. The van der Waals surface area contributed by atoms with Gasteiger partial charge in [0, 0.05) is 25.3 Å². The first kappa shape index (κ1) is 55.2. The molecule has 6 amide bonds. The van der Waals surface area contributed by atoms with Crippen LogP contribution in [0.2, 0.25) is 0 Å². The van der Waals surface area contributed by atoms with Crippen molar-refractivity contribution in [3.8, 4) is 11.1 Å². The van der Waals surface area contributed by atoms with Crippen LogP contribution < -0.4 is 37.6 Å². The number of hydrogen-bond acceptors (Lipinski definition) is 12. The van der Waals surface area contributed by atoms with Gasteiger partial charge >= 0.3 is 13.2 Å². The molecule has 2 heterocycles. The van der Waals surface area contributed by atoms with E-state index in [-0.39, 0.29) is 50.9 Å². The molecule has 2 bridgehead atoms. The fraction of sp³-hybridized carbons (Fsp3) is 0.654. The Morgan fingerprint density at radius 2 is 1.54 bits per heavy atom. The number of ether oxygens (including phenoxy) is 3. The van der Waals surface area contributed by atoms with Gasteiger partial charge in [-0.3, -0.25) is 24.0 Å². The first-order valence-electron chi connectivity index (χ1n) is 25.6. The van der Waals surface area contributed by atoms with Crippen molar-refractivity contribution in [3.63, 3.8) is 0 Å². The number of nitrogens with one attached hydrogen (secondary N) is 6. The Bertz CT molecular complexity index is 2160. The van der Waals surface area contributed by atoms with Gasteiger partial charge in [-0.05, 0) is 138 Å². The van der Waals surface area contributed by atoms with Crippen LogP contribution in [0.3, 0.4) is 0 Å². The first-order chi connectivity index (χ1) is 33.7. The molecule has 7 rings (SSSR count). The molecule has 18 nitrogen and oxygen atoms in total. The number of aryl methyl sites for hydroxylation is 1.